The van der Waals surface area contributed by atoms with Gasteiger partial charge in [0.15, 0.2) is 5.96 Å². The van der Waals surface area contributed by atoms with Crippen LogP contribution in [0.25, 0.3) is 0 Å². The lowest BCUT2D eigenvalue weighted by Crippen LogP contribution is -2.40. The van der Waals surface area contributed by atoms with Crippen molar-refractivity contribution in [2.75, 3.05) is 33.5 Å². The fourth-order valence-corrected chi connectivity index (χ4v) is 4.16. The predicted molar refractivity (Wildman–Crippen MR) is 108 cm³/mol. The number of aliphatic imine (C=N–C) groups is 1. The van der Waals surface area contributed by atoms with Gasteiger partial charge in [0, 0.05) is 43.8 Å². The maximum absolute atomic E-state index is 12.3. The molecule has 26 heavy (non-hydrogen) atoms. The molecule has 0 spiro atoms. The standard InChI is InChI=1S/C18H26N4O2S2/c1-14(24-4)17-21-15(13-25-17)12-22(3)18(19-2)20-10-11-26(23)16-8-6-5-7-9-16/h5-9,13-14H,10-12H2,1-4H3,(H,19,20). The van der Waals surface area contributed by atoms with Gasteiger partial charge in [-0.25, -0.2) is 4.98 Å². The molecule has 2 unspecified atom stereocenters. The highest BCUT2D eigenvalue weighted by molar-refractivity contribution is 7.85. The van der Waals surface area contributed by atoms with Gasteiger partial charge in [-0.3, -0.25) is 9.20 Å². The second-order valence-corrected chi connectivity index (χ2v) is 8.21. The first-order valence-corrected chi connectivity index (χ1v) is 10.6. The van der Waals surface area contributed by atoms with Crippen LogP contribution in [0.1, 0.15) is 23.7 Å². The van der Waals surface area contributed by atoms with Crippen LogP contribution in [0.15, 0.2) is 45.6 Å². The van der Waals surface area contributed by atoms with Gasteiger partial charge in [0.05, 0.1) is 23.0 Å². The van der Waals surface area contributed by atoms with Crippen molar-refractivity contribution in [1.82, 2.24) is 15.2 Å². The summed E-state index contributed by atoms with van der Waals surface area (Å²) in [6.07, 6.45) is 0.00413. The molecular weight excluding hydrogens is 368 g/mol. The molecule has 6 nitrogen and oxygen atoms in total. The molecule has 142 valence electrons. The molecule has 8 heteroatoms. The van der Waals surface area contributed by atoms with Crippen molar-refractivity contribution in [2.45, 2.75) is 24.5 Å². The van der Waals surface area contributed by atoms with E-state index >= 15 is 0 Å². The Bertz CT molecular complexity index is 734. The van der Waals surface area contributed by atoms with Gasteiger partial charge in [-0.1, -0.05) is 18.2 Å². The summed E-state index contributed by atoms with van der Waals surface area (Å²) < 4.78 is 17.6. The average Bonchev–Trinajstić information content (AvgIpc) is 3.13. The Morgan fingerprint density at radius 2 is 2.15 bits per heavy atom. The van der Waals surface area contributed by atoms with Gasteiger partial charge in [0.1, 0.15) is 11.1 Å². The lowest BCUT2D eigenvalue weighted by molar-refractivity contribution is 0.119. The van der Waals surface area contributed by atoms with Gasteiger partial charge < -0.3 is 15.0 Å². The van der Waals surface area contributed by atoms with Crippen LogP contribution in [0.5, 0.6) is 0 Å². The first-order chi connectivity index (χ1) is 12.5. The number of thiazole rings is 1. The molecule has 1 heterocycles. The molecule has 2 aromatic rings. The number of guanidine groups is 1. The average molecular weight is 395 g/mol. The van der Waals surface area contributed by atoms with Crippen LogP contribution in [0.2, 0.25) is 0 Å². The zero-order chi connectivity index (χ0) is 18.9. The zero-order valence-electron chi connectivity index (χ0n) is 15.6. The quantitative estimate of drug-likeness (QED) is 0.551. The highest BCUT2D eigenvalue weighted by Gasteiger charge is 2.13. The van der Waals surface area contributed by atoms with Crippen molar-refractivity contribution in [1.29, 1.82) is 0 Å². The third-order valence-corrected chi connectivity index (χ3v) is 6.25. The second-order valence-electron chi connectivity index (χ2n) is 5.75. The third-order valence-electron chi connectivity index (χ3n) is 3.82. The van der Waals surface area contributed by atoms with E-state index in [1.807, 2.05) is 54.6 Å². The maximum atomic E-state index is 12.3. The van der Waals surface area contributed by atoms with Crippen LogP contribution >= 0.6 is 11.3 Å². The minimum absolute atomic E-state index is 0.00413. The number of ether oxygens (including phenoxy) is 1. The fourth-order valence-electron chi connectivity index (χ4n) is 2.33. The van der Waals surface area contributed by atoms with Crippen LogP contribution < -0.4 is 5.32 Å². The smallest absolute Gasteiger partial charge is 0.193 e. The molecule has 2 atom stereocenters. The molecule has 0 radical (unpaired) electrons. The first-order valence-electron chi connectivity index (χ1n) is 8.37. The predicted octanol–water partition coefficient (Wildman–Crippen LogP) is 2.67. The first kappa shape index (κ1) is 20.5. The summed E-state index contributed by atoms with van der Waals surface area (Å²) in [7, 11) is 4.37. The molecule has 2 rings (SSSR count). The Labute approximate surface area is 161 Å². The van der Waals surface area contributed by atoms with Crippen molar-refractivity contribution in [3.8, 4) is 0 Å². The molecular formula is C18H26N4O2S2. The molecule has 0 aliphatic heterocycles. The third kappa shape index (κ3) is 5.89. The molecule has 1 aromatic heterocycles. The Morgan fingerprint density at radius 1 is 1.42 bits per heavy atom. The van der Waals surface area contributed by atoms with Crippen molar-refractivity contribution < 1.29 is 8.95 Å². The van der Waals surface area contributed by atoms with Crippen molar-refractivity contribution in [3.63, 3.8) is 0 Å². The summed E-state index contributed by atoms with van der Waals surface area (Å²) in [6, 6.07) is 9.50. The monoisotopic (exact) mass is 394 g/mol. The second kappa shape index (κ2) is 10.4. The molecule has 0 saturated heterocycles. The molecule has 0 saturated carbocycles. The summed E-state index contributed by atoms with van der Waals surface area (Å²) >= 11 is 1.60. The molecule has 0 fully saturated rings. The number of aromatic nitrogens is 1. The van der Waals surface area contributed by atoms with E-state index < -0.39 is 10.8 Å². The van der Waals surface area contributed by atoms with Crippen molar-refractivity contribution >= 4 is 28.1 Å². The molecule has 0 aliphatic carbocycles. The molecule has 0 aliphatic rings. The van der Waals surface area contributed by atoms with E-state index in [9.17, 15) is 4.21 Å². The van der Waals surface area contributed by atoms with E-state index in [0.717, 1.165) is 21.6 Å². The Balaban J connectivity index is 1.84. The fraction of sp³-hybridized carbons (Fsp3) is 0.444. The maximum Gasteiger partial charge on any atom is 0.193 e. The lowest BCUT2D eigenvalue weighted by Gasteiger charge is -2.21. The van der Waals surface area contributed by atoms with Crippen LogP contribution in [0.3, 0.4) is 0 Å². The van der Waals surface area contributed by atoms with Crippen LogP contribution in [-0.4, -0.2) is 53.6 Å². The van der Waals surface area contributed by atoms with Crippen LogP contribution in [-0.2, 0) is 22.1 Å². The normalized spacial score (nSPS) is 14.1. The SMILES string of the molecule is CN=C(NCCS(=O)c1ccccc1)N(C)Cc1csc(C(C)OC)n1. The summed E-state index contributed by atoms with van der Waals surface area (Å²) in [5.74, 6) is 1.28. The van der Waals surface area contributed by atoms with E-state index in [1.165, 1.54) is 0 Å². The largest absolute Gasteiger partial charge is 0.375 e. The number of methoxy groups -OCH3 is 1. The lowest BCUT2D eigenvalue weighted by atomic mass is 10.4. The summed E-state index contributed by atoms with van der Waals surface area (Å²) in [4.78, 5) is 11.8. The van der Waals surface area contributed by atoms with Crippen LogP contribution in [0.4, 0.5) is 0 Å². The van der Waals surface area contributed by atoms with Gasteiger partial charge in [-0.05, 0) is 19.1 Å². The van der Waals surface area contributed by atoms with E-state index in [0.29, 0.717) is 18.8 Å². The number of nitrogens with zero attached hydrogens (tertiary/aromatic N) is 3. The van der Waals surface area contributed by atoms with E-state index in [4.69, 9.17) is 4.74 Å². The van der Waals surface area contributed by atoms with Gasteiger partial charge in [-0.15, -0.1) is 11.3 Å². The van der Waals surface area contributed by atoms with E-state index in [-0.39, 0.29) is 6.10 Å². The van der Waals surface area contributed by atoms with Crippen molar-refractivity contribution in [3.05, 3.63) is 46.4 Å². The summed E-state index contributed by atoms with van der Waals surface area (Å²) in [5, 5.41) is 6.27. The Hall–Kier alpha value is -1.77. The molecule has 1 N–H and O–H groups in total. The van der Waals surface area contributed by atoms with Gasteiger partial charge in [0.25, 0.3) is 0 Å². The highest BCUT2D eigenvalue weighted by Crippen LogP contribution is 2.20. The zero-order valence-corrected chi connectivity index (χ0v) is 17.3. The molecule has 0 bridgehead atoms. The summed E-state index contributed by atoms with van der Waals surface area (Å²) in [5.41, 5.74) is 0.979. The minimum atomic E-state index is -1.02. The van der Waals surface area contributed by atoms with Gasteiger partial charge in [0.2, 0.25) is 0 Å². The summed E-state index contributed by atoms with van der Waals surface area (Å²) in [6.45, 7) is 3.22. The Kier molecular flexibility index (Phi) is 8.21. The van der Waals surface area contributed by atoms with Crippen LogP contribution in [0, 0.1) is 0 Å². The molecule has 0 amide bonds. The topological polar surface area (TPSA) is 66.8 Å². The van der Waals surface area contributed by atoms with E-state index in [2.05, 4.69) is 15.3 Å². The minimum Gasteiger partial charge on any atom is -0.375 e. The van der Waals surface area contributed by atoms with E-state index in [1.54, 1.807) is 25.5 Å². The Morgan fingerprint density at radius 3 is 2.81 bits per heavy atom. The number of nitrogens with one attached hydrogen (secondary N) is 1. The highest BCUT2D eigenvalue weighted by atomic mass is 32.2. The number of rotatable bonds is 8. The number of hydrogen-bond donors (Lipinski definition) is 1. The van der Waals surface area contributed by atoms with Gasteiger partial charge in [-0.2, -0.15) is 0 Å². The molecule has 1 aromatic carbocycles. The number of benzene rings is 1. The van der Waals surface area contributed by atoms with Crippen molar-refractivity contribution in [2.24, 2.45) is 4.99 Å². The van der Waals surface area contributed by atoms with Gasteiger partial charge >= 0.3 is 0 Å². The number of hydrogen-bond acceptors (Lipinski definition) is 5.